The van der Waals surface area contributed by atoms with Crippen LogP contribution in [0.4, 0.5) is 0 Å². The summed E-state index contributed by atoms with van der Waals surface area (Å²) in [6, 6.07) is 0. The van der Waals surface area contributed by atoms with E-state index in [0.717, 1.165) is 0 Å². The van der Waals surface area contributed by atoms with Gasteiger partial charge in [-0.25, -0.2) is 0 Å². The van der Waals surface area contributed by atoms with Crippen molar-refractivity contribution in [2.45, 2.75) is 57.1 Å². The number of carbonyl (C=O) groups is 2. The zero-order valence-corrected chi connectivity index (χ0v) is 11.8. The molecule has 0 radical (unpaired) electrons. The first-order valence-electron chi connectivity index (χ1n) is 5.54. The maximum Gasteiger partial charge on any atom is 0.319 e. The molecule has 0 heterocycles. The van der Waals surface area contributed by atoms with Crippen molar-refractivity contribution in [1.29, 1.82) is 0 Å². The van der Waals surface area contributed by atoms with E-state index in [1.165, 1.54) is 6.92 Å². The highest BCUT2D eigenvalue weighted by atomic mass is 32.2. The first kappa shape index (κ1) is 16.1. The van der Waals surface area contributed by atoms with Crippen molar-refractivity contribution in [1.82, 2.24) is 5.32 Å². The highest BCUT2D eigenvalue weighted by Gasteiger charge is 2.32. The second kappa shape index (κ2) is 6.14. The van der Waals surface area contributed by atoms with E-state index in [1.54, 1.807) is 6.92 Å². The van der Waals surface area contributed by atoms with Crippen LogP contribution < -0.4 is 5.32 Å². The van der Waals surface area contributed by atoms with E-state index in [2.05, 4.69) is 5.32 Å². The molecule has 0 aromatic carbocycles. The highest BCUT2D eigenvalue weighted by Crippen LogP contribution is 2.10. The lowest BCUT2D eigenvalue weighted by Crippen LogP contribution is -2.48. The molecule has 2 N–H and O–H groups in total. The van der Waals surface area contributed by atoms with Gasteiger partial charge in [-0.05, 0) is 34.1 Å². The quantitative estimate of drug-likeness (QED) is 0.772. The fourth-order valence-electron chi connectivity index (χ4n) is 1.26. The molecule has 17 heavy (non-hydrogen) atoms. The summed E-state index contributed by atoms with van der Waals surface area (Å²) in [6.07, 6.45) is 0.245. The van der Waals surface area contributed by atoms with Crippen LogP contribution in [0.3, 0.4) is 0 Å². The van der Waals surface area contributed by atoms with Gasteiger partial charge < -0.3 is 10.4 Å². The summed E-state index contributed by atoms with van der Waals surface area (Å²) in [7, 11) is -1.71. The second-order valence-corrected chi connectivity index (χ2v) is 6.88. The number of hydrogen-bond acceptors (Lipinski definition) is 3. The SMILES string of the molecule is CCC(C(=O)O)S(=O)C(C)C(=O)NC(C)(C)C. The van der Waals surface area contributed by atoms with Crippen molar-refractivity contribution in [2.24, 2.45) is 0 Å². The number of carboxylic acid groups (broad SMARTS) is 1. The number of carboxylic acids is 1. The van der Waals surface area contributed by atoms with Crippen LogP contribution in [0.2, 0.25) is 0 Å². The predicted molar refractivity (Wildman–Crippen MR) is 67.2 cm³/mol. The van der Waals surface area contributed by atoms with E-state index in [1.807, 2.05) is 20.8 Å². The smallest absolute Gasteiger partial charge is 0.319 e. The summed E-state index contributed by atoms with van der Waals surface area (Å²) < 4.78 is 11.9. The van der Waals surface area contributed by atoms with E-state index >= 15 is 0 Å². The van der Waals surface area contributed by atoms with Gasteiger partial charge in [-0.15, -0.1) is 0 Å². The Morgan fingerprint density at radius 3 is 2.12 bits per heavy atom. The number of aliphatic carboxylic acids is 1. The summed E-state index contributed by atoms with van der Waals surface area (Å²) in [5.74, 6) is -1.50. The molecule has 1 amide bonds. The normalized spacial score (nSPS) is 17.0. The van der Waals surface area contributed by atoms with Gasteiger partial charge in [0.15, 0.2) is 0 Å². The zero-order chi connectivity index (χ0) is 13.8. The molecule has 0 aromatic heterocycles. The molecular formula is C11H21NO4S. The van der Waals surface area contributed by atoms with Crippen LogP contribution in [0.25, 0.3) is 0 Å². The molecule has 0 saturated carbocycles. The van der Waals surface area contributed by atoms with Crippen LogP contribution in [0.1, 0.15) is 41.0 Å². The minimum absolute atomic E-state index is 0.245. The molecule has 100 valence electrons. The summed E-state index contributed by atoms with van der Waals surface area (Å²) in [5, 5.41) is 9.76. The fraction of sp³-hybridized carbons (Fsp3) is 0.818. The van der Waals surface area contributed by atoms with Crippen molar-refractivity contribution in [3.8, 4) is 0 Å². The number of amides is 1. The third-order valence-electron chi connectivity index (χ3n) is 2.14. The predicted octanol–water partition coefficient (Wildman–Crippen LogP) is 0.901. The maximum atomic E-state index is 11.9. The Bertz CT molecular complexity index is 322. The van der Waals surface area contributed by atoms with Gasteiger partial charge in [0.2, 0.25) is 5.91 Å². The molecule has 0 fully saturated rings. The number of nitrogens with one attached hydrogen (secondary N) is 1. The van der Waals surface area contributed by atoms with Crippen LogP contribution in [-0.4, -0.2) is 37.2 Å². The Morgan fingerprint density at radius 2 is 1.82 bits per heavy atom. The van der Waals surface area contributed by atoms with Crippen molar-refractivity contribution in [3.05, 3.63) is 0 Å². The van der Waals surface area contributed by atoms with Gasteiger partial charge in [-0.2, -0.15) is 0 Å². The third-order valence-corrected chi connectivity index (χ3v) is 4.15. The first-order chi connectivity index (χ1) is 7.60. The van der Waals surface area contributed by atoms with Crippen LogP contribution in [-0.2, 0) is 20.4 Å². The molecule has 3 atom stereocenters. The van der Waals surface area contributed by atoms with Crippen LogP contribution >= 0.6 is 0 Å². The zero-order valence-electron chi connectivity index (χ0n) is 10.9. The number of hydrogen-bond donors (Lipinski definition) is 2. The van der Waals surface area contributed by atoms with Gasteiger partial charge in [0, 0.05) is 16.3 Å². The summed E-state index contributed by atoms with van der Waals surface area (Å²) in [6.45, 7) is 8.58. The summed E-state index contributed by atoms with van der Waals surface area (Å²) >= 11 is 0. The largest absolute Gasteiger partial charge is 0.480 e. The minimum atomic E-state index is -1.71. The lowest BCUT2D eigenvalue weighted by atomic mass is 10.1. The van der Waals surface area contributed by atoms with Gasteiger partial charge >= 0.3 is 5.97 Å². The van der Waals surface area contributed by atoms with E-state index in [0.29, 0.717) is 0 Å². The van der Waals surface area contributed by atoms with Crippen molar-refractivity contribution >= 4 is 22.7 Å². The van der Waals surface area contributed by atoms with Crippen LogP contribution in [0.5, 0.6) is 0 Å². The molecule has 0 bridgehead atoms. The average Bonchev–Trinajstić information content (AvgIpc) is 2.14. The van der Waals surface area contributed by atoms with E-state index in [4.69, 9.17) is 5.11 Å². The van der Waals surface area contributed by atoms with Crippen LogP contribution in [0, 0.1) is 0 Å². The van der Waals surface area contributed by atoms with Gasteiger partial charge in [-0.1, -0.05) is 6.92 Å². The maximum absolute atomic E-state index is 11.9. The van der Waals surface area contributed by atoms with E-state index < -0.39 is 32.8 Å². The molecule has 0 aromatic rings. The van der Waals surface area contributed by atoms with Crippen molar-refractivity contribution in [2.75, 3.05) is 0 Å². The fourth-order valence-corrected chi connectivity index (χ4v) is 2.55. The van der Waals surface area contributed by atoms with E-state index in [9.17, 15) is 13.8 Å². The lowest BCUT2D eigenvalue weighted by molar-refractivity contribution is -0.136. The topological polar surface area (TPSA) is 83.5 Å². The standard InChI is InChI=1S/C11H21NO4S/c1-6-8(10(14)15)17(16)7(2)9(13)12-11(3,4)5/h7-8H,6H2,1-5H3,(H,12,13)(H,14,15). The second-order valence-electron chi connectivity index (χ2n) is 4.95. The molecule has 5 nitrogen and oxygen atoms in total. The van der Waals surface area contributed by atoms with Gasteiger partial charge in [0.25, 0.3) is 0 Å². The third kappa shape index (κ3) is 5.30. The molecule has 6 heteroatoms. The molecule has 0 spiro atoms. The Hall–Kier alpha value is -0.910. The average molecular weight is 263 g/mol. The van der Waals surface area contributed by atoms with Crippen molar-refractivity contribution < 1.29 is 18.9 Å². The van der Waals surface area contributed by atoms with E-state index in [-0.39, 0.29) is 12.3 Å². The van der Waals surface area contributed by atoms with Crippen LogP contribution in [0.15, 0.2) is 0 Å². The minimum Gasteiger partial charge on any atom is -0.480 e. The molecule has 0 aliphatic heterocycles. The lowest BCUT2D eigenvalue weighted by Gasteiger charge is -2.24. The molecule has 0 aliphatic carbocycles. The Kier molecular flexibility index (Phi) is 5.81. The molecular weight excluding hydrogens is 242 g/mol. The molecule has 0 saturated heterocycles. The Morgan fingerprint density at radius 1 is 1.35 bits per heavy atom. The Balaban J connectivity index is 4.70. The Labute approximate surface area is 104 Å². The number of rotatable bonds is 5. The summed E-state index contributed by atoms with van der Waals surface area (Å²) in [5.41, 5.74) is -0.416. The highest BCUT2D eigenvalue weighted by molar-refractivity contribution is 7.87. The first-order valence-corrected chi connectivity index (χ1v) is 6.82. The number of carbonyl (C=O) groups excluding carboxylic acids is 1. The molecule has 3 unspecified atom stereocenters. The monoisotopic (exact) mass is 263 g/mol. The van der Waals surface area contributed by atoms with Gasteiger partial charge in [-0.3, -0.25) is 13.8 Å². The van der Waals surface area contributed by atoms with Gasteiger partial charge in [0.1, 0.15) is 10.5 Å². The molecule has 0 aliphatic rings. The molecule has 0 rings (SSSR count). The van der Waals surface area contributed by atoms with Gasteiger partial charge in [0.05, 0.1) is 0 Å². The summed E-state index contributed by atoms with van der Waals surface area (Å²) in [4.78, 5) is 22.6. The van der Waals surface area contributed by atoms with Crippen molar-refractivity contribution in [3.63, 3.8) is 0 Å².